The zero-order valence-corrected chi connectivity index (χ0v) is 13.1. The Hall–Kier alpha value is -1.26. The predicted molar refractivity (Wildman–Crippen MR) is 86.8 cm³/mol. The molecule has 1 fully saturated rings. The van der Waals surface area contributed by atoms with E-state index in [4.69, 9.17) is 10.5 Å². The van der Waals surface area contributed by atoms with Gasteiger partial charge in [-0.25, -0.2) is 0 Å². The third-order valence-electron chi connectivity index (χ3n) is 3.70. The van der Waals surface area contributed by atoms with E-state index in [2.05, 4.69) is 5.32 Å². The molecule has 0 aromatic heterocycles. The average molecular weight is 313 g/mol. The monoisotopic (exact) mass is 312 g/mol. The summed E-state index contributed by atoms with van der Waals surface area (Å²) in [7, 11) is 0. The summed E-state index contributed by atoms with van der Waals surface area (Å²) in [5.74, 6) is 0.983. The molecule has 21 heavy (non-hydrogen) atoms. The molecule has 0 bridgehead atoms. The lowest BCUT2D eigenvalue weighted by Crippen LogP contribution is -2.40. The number of carbonyl (C=O) groups excluding carboxylic acids is 1. The maximum Gasteiger partial charge on any atom is 0.220 e. The van der Waals surface area contributed by atoms with Crippen LogP contribution in [0, 0.1) is 0 Å². The van der Waals surface area contributed by atoms with E-state index in [1.807, 2.05) is 30.3 Å². The van der Waals surface area contributed by atoms with E-state index in [0.29, 0.717) is 25.1 Å². The summed E-state index contributed by atoms with van der Waals surface area (Å²) >= 11 is 0. The topological polar surface area (TPSA) is 64.3 Å². The van der Waals surface area contributed by atoms with E-state index in [1.54, 1.807) is 0 Å². The zero-order valence-electron chi connectivity index (χ0n) is 12.3. The number of ether oxygens (including phenoxy) is 1. The minimum absolute atomic E-state index is 0. The average Bonchev–Trinajstić information content (AvgIpc) is 2.47. The third-order valence-corrected chi connectivity index (χ3v) is 3.70. The molecular formula is C16H25ClN2O2. The molecule has 1 aliphatic rings. The lowest BCUT2D eigenvalue weighted by Gasteiger charge is -2.26. The number of hydrogen-bond acceptors (Lipinski definition) is 3. The number of halogens is 1. The maximum absolute atomic E-state index is 11.8. The summed E-state index contributed by atoms with van der Waals surface area (Å²) in [6.07, 6.45) is 5.31. The molecule has 0 atom stereocenters. The van der Waals surface area contributed by atoms with Gasteiger partial charge in [0.2, 0.25) is 5.91 Å². The minimum atomic E-state index is 0. The van der Waals surface area contributed by atoms with Gasteiger partial charge in [0.25, 0.3) is 0 Å². The predicted octanol–water partition coefficient (Wildman–Crippen LogP) is 2.65. The molecule has 3 N–H and O–H groups in total. The van der Waals surface area contributed by atoms with Crippen LogP contribution in [0.25, 0.3) is 0 Å². The van der Waals surface area contributed by atoms with E-state index < -0.39 is 0 Å². The molecule has 1 saturated carbocycles. The number of benzene rings is 1. The first-order chi connectivity index (χ1) is 9.74. The fraction of sp³-hybridized carbons (Fsp3) is 0.562. The molecule has 0 unspecified atom stereocenters. The zero-order chi connectivity index (χ0) is 14.2. The van der Waals surface area contributed by atoms with E-state index >= 15 is 0 Å². The van der Waals surface area contributed by atoms with Gasteiger partial charge in [-0.2, -0.15) is 0 Å². The van der Waals surface area contributed by atoms with Crippen molar-refractivity contribution in [2.24, 2.45) is 5.73 Å². The van der Waals surface area contributed by atoms with Crippen LogP contribution >= 0.6 is 12.4 Å². The molecule has 118 valence electrons. The number of para-hydroxylation sites is 1. The van der Waals surface area contributed by atoms with Crippen molar-refractivity contribution in [3.05, 3.63) is 30.3 Å². The Kier molecular flexibility index (Phi) is 8.16. The van der Waals surface area contributed by atoms with Crippen LogP contribution in [0.4, 0.5) is 0 Å². The fourth-order valence-electron chi connectivity index (χ4n) is 2.50. The molecule has 1 aromatic rings. The summed E-state index contributed by atoms with van der Waals surface area (Å²) in [5.41, 5.74) is 5.85. The van der Waals surface area contributed by atoms with Crippen LogP contribution in [0.1, 0.15) is 38.5 Å². The van der Waals surface area contributed by atoms with Gasteiger partial charge in [0, 0.05) is 18.5 Å². The van der Waals surface area contributed by atoms with Crippen molar-refractivity contribution >= 4 is 18.3 Å². The highest BCUT2D eigenvalue weighted by Crippen LogP contribution is 2.17. The minimum Gasteiger partial charge on any atom is -0.494 e. The van der Waals surface area contributed by atoms with Gasteiger partial charge in [0.15, 0.2) is 0 Å². The number of nitrogens with one attached hydrogen (secondary N) is 1. The highest BCUT2D eigenvalue weighted by Gasteiger charge is 2.19. The number of rotatable bonds is 6. The Morgan fingerprint density at radius 2 is 1.86 bits per heavy atom. The van der Waals surface area contributed by atoms with Gasteiger partial charge in [0.1, 0.15) is 5.75 Å². The van der Waals surface area contributed by atoms with Crippen molar-refractivity contribution in [2.75, 3.05) is 6.61 Å². The first-order valence-corrected chi connectivity index (χ1v) is 7.47. The summed E-state index contributed by atoms with van der Waals surface area (Å²) < 4.78 is 5.56. The Labute approximate surface area is 132 Å². The van der Waals surface area contributed by atoms with Crippen LogP contribution in [0.5, 0.6) is 5.75 Å². The maximum atomic E-state index is 11.8. The van der Waals surface area contributed by atoms with Gasteiger partial charge in [-0.05, 0) is 44.2 Å². The molecule has 0 heterocycles. The molecule has 0 spiro atoms. The van der Waals surface area contributed by atoms with E-state index in [0.717, 1.165) is 37.9 Å². The van der Waals surface area contributed by atoms with Crippen molar-refractivity contribution in [1.82, 2.24) is 5.32 Å². The Morgan fingerprint density at radius 3 is 2.52 bits per heavy atom. The first-order valence-electron chi connectivity index (χ1n) is 7.47. The normalized spacial score (nSPS) is 21.2. The number of carbonyl (C=O) groups is 1. The second-order valence-electron chi connectivity index (χ2n) is 5.44. The second kappa shape index (κ2) is 9.64. The molecule has 5 heteroatoms. The molecule has 2 rings (SSSR count). The van der Waals surface area contributed by atoms with Gasteiger partial charge >= 0.3 is 0 Å². The van der Waals surface area contributed by atoms with Crippen molar-refractivity contribution in [2.45, 2.75) is 50.6 Å². The Bertz CT molecular complexity index is 406. The lowest BCUT2D eigenvalue weighted by molar-refractivity contribution is -0.122. The smallest absolute Gasteiger partial charge is 0.220 e. The van der Waals surface area contributed by atoms with Crippen molar-refractivity contribution in [1.29, 1.82) is 0 Å². The molecule has 1 amide bonds. The lowest BCUT2D eigenvalue weighted by atomic mass is 9.92. The van der Waals surface area contributed by atoms with Crippen LogP contribution in [-0.4, -0.2) is 24.6 Å². The second-order valence-corrected chi connectivity index (χ2v) is 5.44. The van der Waals surface area contributed by atoms with Gasteiger partial charge < -0.3 is 15.8 Å². The first kappa shape index (κ1) is 17.8. The summed E-state index contributed by atoms with van der Waals surface area (Å²) in [6.45, 7) is 0.576. The van der Waals surface area contributed by atoms with Crippen LogP contribution in [0.15, 0.2) is 30.3 Å². The molecule has 0 saturated heterocycles. The van der Waals surface area contributed by atoms with Gasteiger partial charge in [-0.3, -0.25) is 4.79 Å². The van der Waals surface area contributed by atoms with Crippen LogP contribution in [0.3, 0.4) is 0 Å². The highest BCUT2D eigenvalue weighted by molar-refractivity contribution is 5.85. The van der Waals surface area contributed by atoms with Gasteiger partial charge in [-0.15, -0.1) is 12.4 Å². The van der Waals surface area contributed by atoms with Crippen molar-refractivity contribution < 1.29 is 9.53 Å². The van der Waals surface area contributed by atoms with Crippen LogP contribution in [0.2, 0.25) is 0 Å². The Morgan fingerprint density at radius 1 is 1.19 bits per heavy atom. The van der Waals surface area contributed by atoms with E-state index in [-0.39, 0.29) is 18.3 Å². The van der Waals surface area contributed by atoms with Crippen molar-refractivity contribution in [3.8, 4) is 5.75 Å². The highest BCUT2D eigenvalue weighted by atomic mass is 35.5. The number of amides is 1. The number of hydrogen-bond donors (Lipinski definition) is 2. The molecule has 1 aromatic carbocycles. The number of nitrogens with two attached hydrogens (primary N) is 1. The third kappa shape index (κ3) is 6.82. The van der Waals surface area contributed by atoms with E-state index in [9.17, 15) is 4.79 Å². The molecule has 1 aliphatic carbocycles. The molecule has 0 aliphatic heterocycles. The van der Waals surface area contributed by atoms with Crippen molar-refractivity contribution in [3.63, 3.8) is 0 Å². The van der Waals surface area contributed by atoms with Crippen LogP contribution < -0.4 is 15.8 Å². The quantitative estimate of drug-likeness (QED) is 0.794. The summed E-state index contributed by atoms with van der Waals surface area (Å²) in [5, 5.41) is 3.09. The SMILES string of the molecule is Cl.NC1CCC(NC(=O)CCCOc2ccccc2)CC1. The molecule has 0 radical (unpaired) electrons. The summed E-state index contributed by atoms with van der Waals surface area (Å²) in [6, 6.07) is 10.3. The summed E-state index contributed by atoms with van der Waals surface area (Å²) in [4.78, 5) is 11.8. The van der Waals surface area contributed by atoms with E-state index in [1.165, 1.54) is 0 Å². The van der Waals surface area contributed by atoms with Crippen LogP contribution in [-0.2, 0) is 4.79 Å². The Balaban J connectivity index is 0.00000220. The largest absolute Gasteiger partial charge is 0.494 e. The van der Waals surface area contributed by atoms with Gasteiger partial charge in [-0.1, -0.05) is 18.2 Å². The standard InChI is InChI=1S/C16H24N2O2.ClH/c17-13-8-10-14(11-9-13)18-16(19)7-4-12-20-15-5-2-1-3-6-15;/h1-3,5-6,13-14H,4,7-12,17H2,(H,18,19);1H. The fourth-order valence-corrected chi connectivity index (χ4v) is 2.50. The molecule has 4 nitrogen and oxygen atoms in total. The molecular weight excluding hydrogens is 288 g/mol. The van der Waals surface area contributed by atoms with Gasteiger partial charge in [0.05, 0.1) is 6.61 Å².